The average molecular weight is 239 g/mol. The van der Waals surface area contributed by atoms with Crippen LogP contribution < -0.4 is 5.32 Å². The number of nitrogens with zero attached hydrogens (tertiary/aromatic N) is 2. The normalized spacial score (nSPS) is 11.9. The molecule has 84 valence electrons. The minimum Gasteiger partial charge on any atom is -0.300 e. The van der Waals surface area contributed by atoms with Crippen LogP contribution in [0.3, 0.4) is 0 Å². The molecule has 0 saturated heterocycles. The molecule has 1 aromatic rings. The molecule has 4 nitrogen and oxygen atoms in total. The molecular weight excluding hydrogens is 231 g/mol. The summed E-state index contributed by atoms with van der Waals surface area (Å²) >= 11 is 0.306. The first-order valence-electron chi connectivity index (χ1n) is 4.02. The number of alkyl halides is 3. The molecule has 1 N–H and O–H groups in total. The standard InChI is InChI=1S/C7H8F3N3OS/c1-3(2)4(14)11-6-13-12-5(15-6)7(8,9)10/h3H,1-2H3,(H,11,13,14). The third kappa shape index (κ3) is 3.15. The fourth-order valence-corrected chi connectivity index (χ4v) is 1.25. The quantitative estimate of drug-likeness (QED) is 0.860. The molecule has 0 aliphatic heterocycles. The second kappa shape index (κ2) is 4.13. The monoisotopic (exact) mass is 239 g/mol. The highest BCUT2D eigenvalue weighted by Gasteiger charge is 2.35. The van der Waals surface area contributed by atoms with E-state index in [9.17, 15) is 18.0 Å². The van der Waals surface area contributed by atoms with Gasteiger partial charge < -0.3 is 5.32 Å². The summed E-state index contributed by atoms with van der Waals surface area (Å²) in [6.45, 7) is 3.25. The Balaban J connectivity index is 2.73. The Hall–Kier alpha value is -1.18. The summed E-state index contributed by atoms with van der Waals surface area (Å²) in [6.07, 6.45) is -4.52. The molecule has 0 aliphatic carbocycles. The molecule has 15 heavy (non-hydrogen) atoms. The molecule has 1 heterocycles. The van der Waals surface area contributed by atoms with Crippen molar-refractivity contribution in [3.8, 4) is 0 Å². The Morgan fingerprint density at radius 3 is 2.40 bits per heavy atom. The second-order valence-corrected chi connectivity index (χ2v) is 4.03. The van der Waals surface area contributed by atoms with Gasteiger partial charge in [0.05, 0.1) is 0 Å². The highest BCUT2D eigenvalue weighted by atomic mass is 32.1. The minimum atomic E-state index is -4.52. The van der Waals surface area contributed by atoms with Crippen molar-refractivity contribution in [2.75, 3.05) is 5.32 Å². The van der Waals surface area contributed by atoms with Gasteiger partial charge in [-0.05, 0) is 0 Å². The number of hydrogen-bond acceptors (Lipinski definition) is 4. The average Bonchev–Trinajstić information content (AvgIpc) is 2.51. The van der Waals surface area contributed by atoms with Gasteiger partial charge in [-0.25, -0.2) is 0 Å². The van der Waals surface area contributed by atoms with Gasteiger partial charge in [0.2, 0.25) is 16.0 Å². The van der Waals surface area contributed by atoms with Crippen LogP contribution in [-0.2, 0) is 11.0 Å². The van der Waals surface area contributed by atoms with E-state index in [0.29, 0.717) is 11.3 Å². The van der Waals surface area contributed by atoms with Crippen LogP contribution in [0, 0.1) is 5.92 Å². The molecule has 0 bridgehead atoms. The number of carbonyl (C=O) groups is 1. The molecule has 1 aromatic heterocycles. The van der Waals surface area contributed by atoms with E-state index in [1.165, 1.54) is 0 Å². The predicted octanol–water partition coefficient (Wildman–Crippen LogP) is 2.15. The Morgan fingerprint density at radius 1 is 1.40 bits per heavy atom. The molecule has 0 fully saturated rings. The largest absolute Gasteiger partial charge is 0.445 e. The number of carbonyl (C=O) groups excluding carboxylic acids is 1. The second-order valence-electron chi connectivity index (χ2n) is 3.05. The van der Waals surface area contributed by atoms with Crippen LogP contribution in [0.5, 0.6) is 0 Å². The third-order valence-corrected chi connectivity index (χ3v) is 2.31. The lowest BCUT2D eigenvalue weighted by molar-refractivity contribution is -0.138. The van der Waals surface area contributed by atoms with Gasteiger partial charge in [-0.15, -0.1) is 10.2 Å². The first kappa shape index (κ1) is 11.9. The van der Waals surface area contributed by atoms with Crippen LogP contribution in [0.4, 0.5) is 18.3 Å². The smallest absolute Gasteiger partial charge is 0.300 e. The lowest BCUT2D eigenvalue weighted by atomic mass is 10.2. The molecular formula is C7H8F3N3OS. The maximum Gasteiger partial charge on any atom is 0.445 e. The number of aromatic nitrogens is 2. The summed E-state index contributed by atoms with van der Waals surface area (Å²) in [7, 11) is 0. The van der Waals surface area contributed by atoms with Crippen molar-refractivity contribution in [1.29, 1.82) is 0 Å². The summed E-state index contributed by atoms with van der Waals surface area (Å²) in [4.78, 5) is 11.1. The Labute approximate surface area is 87.5 Å². The van der Waals surface area contributed by atoms with E-state index in [1.807, 2.05) is 0 Å². The topological polar surface area (TPSA) is 54.9 Å². The minimum absolute atomic E-state index is 0.138. The summed E-state index contributed by atoms with van der Waals surface area (Å²) < 4.78 is 36.3. The van der Waals surface area contributed by atoms with Gasteiger partial charge in [0.15, 0.2) is 0 Å². The van der Waals surface area contributed by atoms with Crippen molar-refractivity contribution in [1.82, 2.24) is 10.2 Å². The Kier molecular flexibility index (Phi) is 3.28. The fraction of sp³-hybridized carbons (Fsp3) is 0.571. The fourth-order valence-electron chi connectivity index (χ4n) is 0.638. The van der Waals surface area contributed by atoms with Crippen molar-refractivity contribution >= 4 is 22.4 Å². The molecule has 1 amide bonds. The zero-order valence-electron chi connectivity index (χ0n) is 7.92. The number of anilines is 1. The summed E-state index contributed by atoms with van der Waals surface area (Å²) in [5, 5.41) is 7.18. The molecule has 0 radical (unpaired) electrons. The van der Waals surface area contributed by atoms with Crippen LogP contribution in [0.15, 0.2) is 0 Å². The van der Waals surface area contributed by atoms with E-state index in [1.54, 1.807) is 13.8 Å². The van der Waals surface area contributed by atoms with Crippen molar-refractivity contribution < 1.29 is 18.0 Å². The summed E-state index contributed by atoms with van der Waals surface area (Å²) in [6, 6.07) is 0. The molecule has 0 aromatic carbocycles. The van der Waals surface area contributed by atoms with Crippen molar-refractivity contribution in [3.63, 3.8) is 0 Å². The highest BCUT2D eigenvalue weighted by molar-refractivity contribution is 7.15. The van der Waals surface area contributed by atoms with Gasteiger partial charge in [0.1, 0.15) is 0 Å². The van der Waals surface area contributed by atoms with Crippen LogP contribution in [0.2, 0.25) is 0 Å². The summed E-state index contributed by atoms with van der Waals surface area (Å²) in [5.41, 5.74) is 0. The molecule has 8 heteroatoms. The summed E-state index contributed by atoms with van der Waals surface area (Å²) in [5.74, 6) is -0.705. The molecule has 0 atom stereocenters. The maximum absolute atomic E-state index is 12.1. The van der Waals surface area contributed by atoms with Crippen molar-refractivity contribution in [2.24, 2.45) is 5.92 Å². The van der Waals surface area contributed by atoms with Crippen LogP contribution in [-0.4, -0.2) is 16.1 Å². The van der Waals surface area contributed by atoms with Gasteiger partial charge in [0, 0.05) is 5.92 Å². The van der Waals surface area contributed by atoms with E-state index in [-0.39, 0.29) is 17.0 Å². The van der Waals surface area contributed by atoms with E-state index >= 15 is 0 Å². The molecule has 0 aliphatic rings. The number of amides is 1. The first-order valence-corrected chi connectivity index (χ1v) is 4.84. The maximum atomic E-state index is 12.1. The number of hydrogen-bond donors (Lipinski definition) is 1. The first-order chi connectivity index (χ1) is 6.80. The third-order valence-electron chi connectivity index (χ3n) is 1.42. The predicted molar refractivity (Wildman–Crippen MR) is 48.4 cm³/mol. The van der Waals surface area contributed by atoms with Gasteiger partial charge in [-0.2, -0.15) is 13.2 Å². The SMILES string of the molecule is CC(C)C(=O)Nc1nnc(C(F)(F)F)s1. The number of rotatable bonds is 2. The van der Waals surface area contributed by atoms with E-state index in [4.69, 9.17) is 0 Å². The number of nitrogens with one attached hydrogen (secondary N) is 1. The Bertz CT molecular complexity index is 361. The molecule has 0 saturated carbocycles. The van der Waals surface area contributed by atoms with Gasteiger partial charge in [-0.1, -0.05) is 25.2 Å². The zero-order chi connectivity index (χ0) is 11.6. The van der Waals surface area contributed by atoms with Crippen LogP contribution >= 0.6 is 11.3 Å². The van der Waals surface area contributed by atoms with E-state index < -0.39 is 11.2 Å². The zero-order valence-corrected chi connectivity index (χ0v) is 8.74. The van der Waals surface area contributed by atoms with Crippen molar-refractivity contribution in [3.05, 3.63) is 5.01 Å². The number of halogens is 3. The van der Waals surface area contributed by atoms with E-state index in [0.717, 1.165) is 0 Å². The van der Waals surface area contributed by atoms with Crippen molar-refractivity contribution in [2.45, 2.75) is 20.0 Å². The molecule has 1 rings (SSSR count). The van der Waals surface area contributed by atoms with Gasteiger partial charge >= 0.3 is 6.18 Å². The lowest BCUT2D eigenvalue weighted by Crippen LogP contribution is -2.17. The molecule has 0 spiro atoms. The van der Waals surface area contributed by atoms with Gasteiger partial charge in [-0.3, -0.25) is 4.79 Å². The highest BCUT2D eigenvalue weighted by Crippen LogP contribution is 2.32. The van der Waals surface area contributed by atoms with Gasteiger partial charge in [0.25, 0.3) is 0 Å². The molecule has 0 unspecified atom stereocenters. The lowest BCUT2D eigenvalue weighted by Gasteiger charge is -2.02. The van der Waals surface area contributed by atoms with E-state index in [2.05, 4.69) is 15.5 Å². The van der Waals surface area contributed by atoms with Crippen LogP contribution in [0.25, 0.3) is 0 Å². The van der Waals surface area contributed by atoms with Crippen LogP contribution in [0.1, 0.15) is 18.9 Å². The Morgan fingerprint density at radius 2 is 2.00 bits per heavy atom.